The number of benzene rings is 2. The van der Waals surface area contributed by atoms with E-state index >= 15 is 0 Å². The average Bonchev–Trinajstić information content (AvgIpc) is 2.98. The largest absolute Gasteiger partial charge is 0.483 e. The highest BCUT2D eigenvalue weighted by molar-refractivity contribution is 9.10. The molecule has 112 valence electrons. The molecule has 4 nitrogen and oxygen atoms in total. The molecule has 22 heavy (non-hydrogen) atoms. The minimum atomic E-state index is 0.258. The lowest BCUT2D eigenvalue weighted by atomic mass is 10.1. The molecule has 1 aromatic heterocycles. The Labute approximate surface area is 137 Å². The van der Waals surface area contributed by atoms with Crippen molar-refractivity contribution < 1.29 is 9.26 Å². The number of rotatable bonds is 4. The van der Waals surface area contributed by atoms with Crippen molar-refractivity contribution in [3.8, 4) is 17.1 Å². The first kappa shape index (κ1) is 14.8. The van der Waals surface area contributed by atoms with Crippen LogP contribution in [-0.2, 0) is 6.61 Å². The predicted molar refractivity (Wildman–Crippen MR) is 87.7 cm³/mol. The number of aromatic nitrogens is 2. The van der Waals surface area contributed by atoms with Gasteiger partial charge in [-0.2, -0.15) is 4.98 Å². The zero-order valence-corrected chi connectivity index (χ0v) is 13.9. The summed E-state index contributed by atoms with van der Waals surface area (Å²) in [4.78, 5) is 4.36. The summed E-state index contributed by atoms with van der Waals surface area (Å²) >= 11 is 3.40. The van der Waals surface area contributed by atoms with Crippen LogP contribution in [0, 0.1) is 13.8 Å². The van der Waals surface area contributed by atoms with Gasteiger partial charge in [0.05, 0.1) is 0 Å². The zero-order valence-electron chi connectivity index (χ0n) is 12.3. The molecule has 0 radical (unpaired) electrons. The van der Waals surface area contributed by atoms with Gasteiger partial charge in [-0.15, -0.1) is 0 Å². The molecule has 1 heterocycles. The first-order valence-corrected chi connectivity index (χ1v) is 7.70. The van der Waals surface area contributed by atoms with E-state index in [0.717, 1.165) is 26.9 Å². The Morgan fingerprint density at radius 2 is 1.86 bits per heavy atom. The second-order valence-corrected chi connectivity index (χ2v) is 5.99. The number of nitrogens with zero attached hydrogens (tertiary/aromatic N) is 2. The number of ether oxygens (including phenoxy) is 1. The van der Waals surface area contributed by atoms with Gasteiger partial charge in [0.25, 0.3) is 5.89 Å². The summed E-state index contributed by atoms with van der Waals surface area (Å²) in [6.45, 7) is 4.30. The normalized spacial score (nSPS) is 10.7. The molecule has 2 aromatic carbocycles. The first-order chi connectivity index (χ1) is 10.6. The smallest absolute Gasteiger partial charge is 0.264 e. The van der Waals surface area contributed by atoms with E-state index in [0.29, 0.717) is 11.7 Å². The van der Waals surface area contributed by atoms with Crippen LogP contribution in [0.4, 0.5) is 0 Å². The first-order valence-electron chi connectivity index (χ1n) is 6.90. The number of halogens is 1. The van der Waals surface area contributed by atoms with E-state index in [1.165, 1.54) is 0 Å². The van der Waals surface area contributed by atoms with Crippen LogP contribution >= 0.6 is 15.9 Å². The van der Waals surface area contributed by atoms with E-state index in [4.69, 9.17) is 9.26 Å². The van der Waals surface area contributed by atoms with E-state index in [1.807, 2.05) is 50.2 Å². The van der Waals surface area contributed by atoms with E-state index in [2.05, 4.69) is 32.1 Å². The molecule has 0 spiro atoms. The van der Waals surface area contributed by atoms with Crippen molar-refractivity contribution in [2.45, 2.75) is 20.5 Å². The lowest BCUT2D eigenvalue weighted by molar-refractivity contribution is 0.241. The van der Waals surface area contributed by atoms with E-state index < -0.39 is 0 Å². The van der Waals surface area contributed by atoms with Gasteiger partial charge in [0.1, 0.15) is 5.75 Å². The summed E-state index contributed by atoms with van der Waals surface area (Å²) in [6.07, 6.45) is 0. The van der Waals surface area contributed by atoms with Gasteiger partial charge in [-0.3, -0.25) is 0 Å². The maximum atomic E-state index is 5.77. The molecule has 3 rings (SSSR count). The minimum Gasteiger partial charge on any atom is -0.483 e. The lowest BCUT2D eigenvalue weighted by Crippen LogP contribution is -1.97. The van der Waals surface area contributed by atoms with Crippen molar-refractivity contribution in [3.05, 3.63) is 64.0 Å². The molecule has 0 N–H and O–H groups in total. The van der Waals surface area contributed by atoms with Crippen LogP contribution in [0.5, 0.6) is 5.75 Å². The molecule has 0 amide bonds. The van der Waals surface area contributed by atoms with Crippen molar-refractivity contribution in [3.63, 3.8) is 0 Å². The van der Waals surface area contributed by atoms with Crippen LogP contribution in [0.1, 0.15) is 17.0 Å². The molecule has 0 aliphatic rings. The van der Waals surface area contributed by atoms with Gasteiger partial charge < -0.3 is 9.26 Å². The van der Waals surface area contributed by atoms with Crippen molar-refractivity contribution in [1.29, 1.82) is 0 Å². The van der Waals surface area contributed by atoms with Crippen molar-refractivity contribution in [2.75, 3.05) is 0 Å². The van der Waals surface area contributed by atoms with Crippen molar-refractivity contribution in [2.24, 2.45) is 0 Å². The molecule has 0 unspecified atom stereocenters. The third kappa shape index (κ3) is 3.36. The third-order valence-corrected chi connectivity index (χ3v) is 3.79. The van der Waals surface area contributed by atoms with Crippen LogP contribution in [0.2, 0.25) is 0 Å². The number of aryl methyl sites for hydroxylation is 2. The quantitative estimate of drug-likeness (QED) is 0.678. The maximum absolute atomic E-state index is 5.77. The molecule has 0 atom stereocenters. The Bertz CT molecular complexity index is 782. The van der Waals surface area contributed by atoms with E-state index in [-0.39, 0.29) is 6.61 Å². The van der Waals surface area contributed by atoms with Crippen molar-refractivity contribution >= 4 is 15.9 Å². The summed E-state index contributed by atoms with van der Waals surface area (Å²) in [6, 6.07) is 13.8. The fourth-order valence-corrected chi connectivity index (χ4v) is 2.30. The Balaban J connectivity index is 1.72. The summed E-state index contributed by atoms with van der Waals surface area (Å²) < 4.78 is 12.0. The zero-order chi connectivity index (χ0) is 15.5. The van der Waals surface area contributed by atoms with E-state index in [1.54, 1.807) is 0 Å². The van der Waals surface area contributed by atoms with Gasteiger partial charge in [-0.1, -0.05) is 33.2 Å². The molecular formula is C17H15BrN2O2. The summed E-state index contributed by atoms with van der Waals surface area (Å²) in [5.41, 5.74) is 3.14. The van der Waals surface area contributed by atoms with Crippen LogP contribution in [0.25, 0.3) is 11.4 Å². The molecule has 0 fully saturated rings. The molecular weight excluding hydrogens is 344 g/mol. The highest BCUT2D eigenvalue weighted by Gasteiger charge is 2.10. The highest BCUT2D eigenvalue weighted by Crippen LogP contribution is 2.22. The van der Waals surface area contributed by atoms with Crippen LogP contribution in [0.3, 0.4) is 0 Å². The van der Waals surface area contributed by atoms with Gasteiger partial charge in [-0.05, 0) is 55.3 Å². The standard InChI is InChI=1S/C17H15BrN2O2/c1-11-3-4-12(2)15(9-11)21-10-16-19-17(20-22-16)13-5-7-14(18)8-6-13/h3-9H,10H2,1-2H3. The van der Waals surface area contributed by atoms with Gasteiger partial charge in [-0.25, -0.2) is 0 Å². The van der Waals surface area contributed by atoms with Gasteiger partial charge in [0, 0.05) is 10.0 Å². The molecule has 0 saturated carbocycles. The summed E-state index contributed by atoms with van der Waals surface area (Å²) in [7, 11) is 0. The van der Waals surface area contributed by atoms with Crippen molar-refractivity contribution in [1.82, 2.24) is 10.1 Å². The Morgan fingerprint density at radius 1 is 1.09 bits per heavy atom. The highest BCUT2D eigenvalue weighted by atomic mass is 79.9. The van der Waals surface area contributed by atoms with E-state index in [9.17, 15) is 0 Å². The summed E-state index contributed by atoms with van der Waals surface area (Å²) in [5.74, 6) is 1.86. The van der Waals surface area contributed by atoms with Crippen LogP contribution < -0.4 is 4.74 Å². The molecule has 0 bridgehead atoms. The molecule has 0 aliphatic heterocycles. The second kappa shape index (κ2) is 6.32. The monoisotopic (exact) mass is 358 g/mol. The maximum Gasteiger partial charge on any atom is 0.264 e. The molecule has 5 heteroatoms. The SMILES string of the molecule is Cc1ccc(C)c(OCc2nc(-c3ccc(Br)cc3)no2)c1. The Hall–Kier alpha value is -2.14. The second-order valence-electron chi connectivity index (χ2n) is 5.08. The average molecular weight is 359 g/mol. The molecule has 0 aliphatic carbocycles. The van der Waals surface area contributed by atoms with Gasteiger partial charge in [0.15, 0.2) is 6.61 Å². The fraction of sp³-hybridized carbons (Fsp3) is 0.176. The Morgan fingerprint density at radius 3 is 2.64 bits per heavy atom. The minimum absolute atomic E-state index is 0.258. The van der Waals surface area contributed by atoms with Gasteiger partial charge in [0.2, 0.25) is 5.82 Å². The number of hydrogen-bond donors (Lipinski definition) is 0. The lowest BCUT2D eigenvalue weighted by Gasteiger charge is -2.07. The van der Waals surface area contributed by atoms with Crippen LogP contribution in [-0.4, -0.2) is 10.1 Å². The molecule has 3 aromatic rings. The Kier molecular flexibility index (Phi) is 4.24. The summed E-state index contributed by atoms with van der Waals surface area (Å²) in [5, 5.41) is 3.99. The third-order valence-electron chi connectivity index (χ3n) is 3.27. The number of hydrogen-bond acceptors (Lipinski definition) is 4. The van der Waals surface area contributed by atoms with Crippen LogP contribution in [0.15, 0.2) is 51.5 Å². The predicted octanol–water partition coefficient (Wildman–Crippen LogP) is 4.69. The molecule has 0 saturated heterocycles. The van der Waals surface area contributed by atoms with Gasteiger partial charge >= 0.3 is 0 Å². The fourth-order valence-electron chi connectivity index (χ4n) is 2.03. The topological polar surface area (TPSA) is 48.2 Å².